The van der Waals surface area contributed by atoms with E-state index >= 15 is 0 Å². The van der Waals surface area contributed by atoms with E-state index in [0.29, 0.717) is 28.9 Å². The fraction of sp³-hybridized carbons (Fsp3) is 0.222. The molecule has 1 aromatic heterocycles. The molecule has 0 aliphatic carbocycles. The molecule has 7 nitrogen and oxygen atoms in total. The Balaban J connectivity index is 1.77. The van der Waals surface area contributed by atoms with Crippen LogP contribution in [0.25, 0.3) is 16.6 Å². The Hall–Kier alpha value is -4.13. The fourth-order valence-corrected chi connectivity index (χ4v) is 3.98. The molecular weight excluding hydrogens is 430 g/mol. The number of rotatable bonds is 7. The molecule has 7 heteroatoms. The molecule has 1 unspecified atom stereocenters. The van der Waals surface area contributed by atoms with Gasteiger partial charge in [0, 0.05) is 0 Å². The van der Waals surface area contributed by atoms with Crippen molar-refractivity contribution in [2.75, 3.05) is 6.61 Å². The minimum atomic E-state index is -0.576. The van der Waals surface area contributed by atoms with E-state index in [1.165, 1.54) is 4.57 Å². The van der Waals surface area contributed by atoms with Crippen molar-refractivity contribution >= 4 is 16.8 Å². The molecule has 0 saturated heterocycles. The van der Waals surface area contributed by atoms with Gasteiger partial charge in [-0.05, 0) is 62.7 Å². The maximum absolute atomic E-state index is 13.5. The van der Waals surface area contributed by atoms with Crippen LogP contribution in [0, 0.1) is 6.92 Å². The highest BCUT2D eigenvalue weighted by atomic mass is 16.5. The van der Waals surface area contributed by atoms with Gasteiger partial charge in [-0.15, -0.1) is 0 Å². The lowest BCUT2D eigenvalue weighted by atomic mass is 10.1. The van der Waals surface area contributed by atoms with Gasteiger partial charge in [-0.1, -0.05) is 42.0 Å². The molecular formula is C27H27N3O4. The molecule has 0 bridgehead atoms. The monoisotopic (exact) mass is 457 g/mol. The predicted molar refractivity (Wildman–Crippen MR) is 133 cm³/mol. The van der Waals surface area contributed by atoms with Crippen LogP contribution in [0.4, 0.5) is 0 Å². The van der Waals surface area contributed by atoms with Crippen molar-refractivity contribution in [1.29, 1.82) is 0 Å². The van der Waals surface area contributed by atoms with E-state index < -0.39 is 11.2 Å². The second-order valence-corrected chi connectivity index (χ2v) is 8.16. The summed E-state index contributed by atoms with van der Waals surface area (Å²) in [6.45, 7) is 5.94. The summed E-state index contributed by atoms with van der Waals surface area (Å²) in [7, 11) is 0. The van der Waals surface area contributed by atoms with E-state index in [1.54, 1.807) is 36.4 Å². The number of fused-ring (bicyclic) bond motifs is 1. The Morgan fingerprint density at radius 2 is 1.71 bits per heavy atom. The third-order valence-corrected chi connectivity index (χ3v) is 5.68. The first-order chi connectivity index (χ1) is 16.4. The molecule has 0 spiro atoms. The molecule has 0 radical (unpaired) electrons. The van der Waals surface area contributed by atoms with E-state index in [2.05, 4.69) is 5.32 Å². The summed E-state index contributed by atoms with van der Waals surface area (Å²) in [5, 5.41) is 3.31. The van der Waals surface area contributed by atoms with Gasteiger partial charge in [-0.25, -0.2) is 9.36 Å². The summed E-state index contributed by atoms with van der Waals surface area (Å²) in [5.74, 6) is 0.322. The van der Waals surface area contributed by atoms with Crippen molar-refractivity contribution in [3.8, 4) is 11.4 Å². The SMILES string of the molecule is CCOc1ccc(-n2c(=O)c3cc(C)ccc3n(CC(=O)NC(C)c3ccccc3)c2=O)cc1. The van der Waals surface area contributed by atoms with Crippen LogP contribution in [0.2, 0.25) is 0 Å². The lowest BCUT2D eigenvalue weighted by Gasteiger charge is -2.17. The van der Waals surface area contributed by atoms with Crippen LogP contribution in [0.1, 0.15) is 31.0 Å². The molecule has 3 aromatic carbocycles. The van der Waals surface area contributed by atoms with Crippen LogP contribution in [0.3, 0.4) is 0 Å². The van der Waals surface area contributed by atoms with Gasteiger partial charge in [0.05, 0.1) is 29.2 Å². The number of nitrogens with one attached hydrogen (secondary N) is 1. The van der Waals surface area contributed by atoms with Crippen LogP contribution < -0.4 is 21.3 Å². The number of amides is 1. The van der Waals surface area contributed by atoms with Crippen molar-refractivity contribution in [3.63, 3.8) is 0 Å². The number of carbonyl (C=O) groups is 1. The molecule has 1 N–H and O–H groups in total. The summed E-state index contributed by atoms with van der Waals surface area (Å²) >= 11 is 0. The number of benzene rings is 3. The predicted octanol–water partition coefficient (Wildman–Crippen LogP) is 3.74. The Kier molecular flexibility index (Phi) is 6.63. The molecule has 34 heavy (non-hydrogen) atoms. The highest BCUT2D eigenvalue weighted by Crippen LogP contribution is 2.16. The largest absolute Gasteiger partial charge is 0.494 e. The minimum Gasteiger partial charge on any atom is -0.494 e. The number of nitrogens with zero attached hydrogens (tertiary/aromatic N) is 2. The first kappa shape index (κ1) is 23.0. The Labute approximate surface area is 197 Å². The summed E-state index contributed by atoms with van der Waals surface area (Å²) in [6, 6.07) is 21.4. The van der Waals surface area contributed by atoms with Crippen LogP contribution in [-0.4, -0.2) is 21.6 Å². The van der Waals surface area contributed by atoms with Crippen molar-refractivity contribution in [2.24, 2.45) is 0 Å². The fourth-order valence-electron chi connectivity index (χ4n) is 3.98. The molecule has 0 aliphatic rings. The number of hydrogen-bond acceptors (Lipinski definition) is 4. The Morgan fingerprint density at radius 1 is 1.00 bits per heavy atom. The Bertz CT molecular complexity index is 1440. The number of carbonyl (C=O) groups excluding carboxylic acids is 1. The maximum Gasteiger partial charge on any atom is 0.336 e. The zero-order chi connectivity index (χ0) is 24.2. The third-order valence-electron chi connectivity index (χ3n) is 5.68. The van der Waals surface area contributed by atoms with Crippen molar-refractivity contribution in [2.45, 2.75) is 33.4 Å². The van der Waals surface area contributed by atoms with Gasteiger partial charge < -0.3 is 10.1 Å². The van der Waals surface area contributed by atoms with Crippen molar-refractivity contribution in [3.05, 3.63) is 105 Å². The quantitative estimate of drug-likeness (QED) is 0.458. The minimum absolute atomic E-state index is 0.215. The zero-order valence-electron chi connectivity index (χ0n) is 19.4. The molecule has 0 aliphatic heterocycles. The number of aromatic nitrogens is 2. The lowest BCUT2D eigenvalue weighted by Crippen LogP contribution is -2.42. The van der Waals surface area contributed by atoms with Crippen molar-refractivity contribution in [1.82, 2.24) is 14.5 Å². The molecule has 1 heterocycles. The smallest absolute Gasteiger partial charge is 0.336 e. The van der Waals surface area contributed by atoms with Crippen molar-refractivity contribution < 1.29 is 9.53 Å². The van der Waals surface area contributed by atoms with E-state index in [4.69, 9.17) is 4.74 Å². The van der Waals surface area contributed by atoms with Crippen LogP contribution >= 0.6 is 0 Å². The van der Waals surface area contributed by atoms with Gasteiger partial charge in [0.15, 0.2) is 0 Å². The number of ether oxygens (including phenoxy) is 1. The van der Waals surface area contributed by atoms with Crippen LogP contribution in [0.15, 0.2) is 82.4 Å². The molecule has 174 valence electrons. The molecule has 1 amide bonds. The molecule has 4 aromatic rings. The van der Waals surface area contributed by atoms with Crippen LogP contribution in [0.5, 0.6) is 5.75 Å². The van der Waals surface area contributed by atoms with Crippen LogP contribution in [-0.2, 0) is 11.3 Å². The lowest BCUT2D eigenvalue weighted by molar-refractivity contribution is -0.122. The normalized spacial score (nSPS) is 11.9. The van der Waals surface area contributed by atoms with Gasteiger partial charge in [-0.3, -0.25) is 14.2 Å². The molecule has 0 fully saturated rings. The molecule has 1 atom stereocenters. The summed E-state index contributed by atoms with van der Waals surface area (Å²) in [6.07, 6.45) is 0. The van der Waals surface area contributed by atoms with E-state index in [0.717, 1.165) is 15.7 Å². The standard InChI is InChI=1S/C27H27N3O4/c1-4-34-22-13-11-21(12-14-22)30-26(32)23-16-18(2)10-15-24(23)29(27(30)33)17-25(31)28-19(3)20-8-6-5-7-9-20/h5-16,19H,4,17H2,1-3H3,(H,28,31). The van der Waals surface area contributed by atoms with Gasteiger partial charge >= 0.3 is 5.69 Å². The topological polar surface area (TPSA) is 82.3 Å². The average Bonchev–Trinajstić information content (AvgIpc) is 2.84. The summed E-state index contributed by atoms with van der Waals surface area (Å²) < 4.78 is 7.92. The van der Waals surface area contributed by atoms with Gasteiger partial charge in [0.25, 0.3) is 5.56 Å². The Morgan fingerprint density at radius 3 is 2.38 bits per heavy atom. The van der Waals surface area contributed by atoms with Gasteiger partial charge in [0.1, 0.15) is 12.3 Å². The summed E-state index contributed by atoms with van der Waals surface area (Å²) in [4.78, 5) is 39.8. The second-order valence-electron chi connectivity index (χ2n) is 8.16. The highest BCUT2D eigenvalue weighted by molar-refractivity contribution is 5.82. The van der Waals surface area contributed by atoms with E-state index in [9.17, 15) is 14.4 Å². The van der Waals surface area contributed by atoms with Gasteiger partial charge in [-0.2, -0.15) is 0 Å². The third kappa shape index (κ3) is 4.64. The molecule has 0 saturated carbocycles. The summed E-state index contributed by atoms with van der Waals surface area (Å²) in [5.41, 5.74) is 1.67. The van der Waals surface area contributed by atoms with E-state index in [-0.39, 0.29) is 18.5 Å². The van der Waals surface area contributed by atoms with Gasteiger partial charge in [0.2, 0.25) is 5.91 Å². The number of aryl methyl sites for hydroxylation is 1. The highest BCUT2D eigenvalue weighted by Gasteiger charge is 2.18. The maximum atomic E-state index is 13.5. The second kappa shape index (κ2) is 9.79. The number of hydrogen-bond donors (Lipinski definition) is 1. The van der Waals surface area contributed by atoms with E-state index in [1.807, 2.05) is 57.2 Å². The first-order valence-electron chi connectivity index (χ1n) is 11.2. The molecule has 4 rings (SSSR count). The zero-order valence-corrected chi connectivity index (χ0v) is 19.4. The first-order valence-corrected chi connectivity index (χ1v) is 11.2. The average molecular weight is 458 g/mol.